The van der Waals surface area contributed by atoms with E-state index >= 15 is 0 Å². The molecule has 0 aromatic heterocycles. The zero-order valence-electron chi connectivity index (χ0n) is 9.52. The first-order valence-electron chi connectivity index (χ1n) is 5.40. The first-order chi connectivity index (χ1) is 7.91. The first kappa shape index (κ1) is 14.3. The molecule has 17 heavy (non-hydrogen) atoms. The van der Waals surface area contributed by atoms with Crippen LogP contribution in [0.2, 0.25) is 5.02 Å². The molecule has 0 aliphatic carbocycles. The van der Waals surface area contributed by atoms with E-state index in [1.54, 1.807) is 13.0 Å². The molecule has 1 aromatic rings. The third kappa shape index (κ3) is 4.21. The Hall–Kier alpha value is -0.740. The number of alkyl halides is 2. The molecular formula is C12H15ClF3N. The zero-order chi connectivity index (χ0) is 13.0. The summed E-state index contributed by atoms with van der Waals surface area (Å²) in [6.45, 7) is 1.62. The fourth-order valence-electron chi connectivity index (χ4n) is 1.61. The van der Waals surface area contributed by atoms with E-state index < -0.39 is 18.3 Å². The summed E-state index contributed by atoms with van der Waals surface area (Å²) in [4.78, 5) is 0. The molecule has 0 amide bonds. The van der Waals surface area contributed by atoms with Gasteiger partial charge in [-0.05, 0) is 43.4 Å². The van der Waals surface area contributed by atoms with Gasteiger partial charge in [-0.15, -0.1) is 0 Å². The van der Waals surface area contributed by atoms with Gasteiger partial charge in [-0.25, -0.2) is 13.2 Å². The van der Waals surface area contributed by atoms with Gasteiger partial charge in [0.2, 0.25) is 0 Å². The topological polar surface area (TPSA) is 26.0 Å². The first-order valence-corrected chi connectivity index (χ1v) is 5.78. The van der Waals surface area contributed by atoms with Crippen LogP contribution in [0.25, 0.3) is 0 Å². The van der Waals surface area contributed by atoms with Crippen molar-refractivity contribution in [3.05, 3.63) is 34.1 Å². The average Bonchev–Trinajstić information content (AvgIpc) is 2.25. The van der Waals surface area contributed by atoms with Crippen molar-refractivity contribution in [1.82, 2.24) is 0 Å². The summed E-state index contributed by atoms with van der Waals surface area (Å²) in [6.07, 6.45) is -1.14. The molecule has 5 heteroatoms. The molecule has 0 aliphatic heterocycles. The normalized spacial score (nSPS) is 13.1. The van der Waals surface area contributed by atoms with Gasteiger partial charge >= 0.3 is 0 Å². The molecular weight excluding hydrogens is 251 g/mol. The van der Waals surface area contributed by atoms with Crippen molar-refractivity contribution in [2.45, 2.75) is 38.7 Å². The minimum absolute atomic E-state index is 0.0677. The largest absolute Gasteiger partial charge is 0.323 e. The minimum atomic E-state index is -2.49. The van der Waals surface area contributed by atoms with Gasteiger partial charge in [0.25, 0.3) is 6.43 Å². The van der Waals surface area contributed by atoms with Gasteiger partial charge < -0.3 is 5.73 Å². The van der Waals surface area contributed by atoms with Crippen LogP contribution in [0.1, 0.15) is 24.0 Å². The van der Waals surface area contributed by atoms with Crippen molar-refractivity contribution in [3.8, 4) is 0 Å². The van der Waals surface area contributed by atoms with E-state index in [-0.39, 0.29) is 11.4 Å². The highest BCUT2D eigenvalue weighted by atomic mass is 35.5. The second-order valence-corrected chi connectivity index (χ2v) is 4.51. The SMILES string of the molecule is Cc1cc(CCC[C@H](N)C(F)F)cc(Cl)c1F. The number of halogens is 4. The molecule has 1 rings (SSSR count). The quantitative estimate of drug-likeness (QED) is 0.863. The summed E-state index contributed by atoms with van der Waals surface area (Å²) in [5.74, 6) is -0.431. The lowest BCUT2D eigenvalue weighted by Crippen LogP contribution is -2.28. The van der Waals surface area contributed by atoms with Gasteiger partial charge in [0.05, 0.1) is 11.1 Å². The standard InChI is InChI=1S/C12H15ClF3N/c1-7-5-8(6-9(13)11(7)14)3-2-4-10(17)12(15)16/h5-6,10,12H,2-4,17H2,1H3/t10-/m0/s1. The number of hydrogen-bond donors (Lipinski definition) is 1. The van der Waals surface area contributed by atoms with Gasteiger partial charge in [0.15, 0.2) is 0 Å². The lowest BCUT2D eigenvalue weighted by molar-refractivity contribution is 0.111. The highest BCUT2D eigenvalue weighted by Crippen LogP contribution is 2.21. The Morgan fingerprint density at radius 2 is 2.00 bits per heavy atom. The van der Waals surface area contributed by atoms with Crippen LogP contribution in [0.3, 0.4) is 0 Å². The van der Waals surface area contributed by atoms with Crippen LogP contribution in [0.15, 0.2) is 12.1 Å². The second kappa shape index (κ2) is 6.26. The van der Waals surface area contributed by atoms with Gasteiger partial charge in [-0.3, -0.25) is 0 Å². The smallest absolute Gasteiger partial charge is 0.253 e. The summed E-state index contributed by atoms with van der Waals surface area (Å²) < 4.78 is 37.5. The summed E-state index contributed by atoms with van der Waals surface area (Å²) in [6, 6.07) is 2.11. The molecule has 0 radical (unpaired) electrons. The number of benzene rings is 1. The molecule has 0 aliphatic rings. The second-order valence-electron chi connectivity index (χ2n) is 4.10. The fourth-order valence-corrected chi connectivity index (χ4v) is 1.90. The third-order valence-corrected chi connectivity index (χ3v) is 2.87. The number of hydrogen-bond acceptors (Lipinski definition) is 1. The molecule has 0 unspecified atom stereocenters. The van der Waals surface area contributed by atoms with E-state index in [1.807, 2.05) is 0 Å². The number of aryl methyl sites for hydroxylation is 2. The van der Waals surface area contributed by atoms with Crippen LogP contribution in [-0.4, -0.2) is 12.5 Å². The molecule has 96 valence electrons. The third-order valence-electron chi connectivity index (χ3n) is 2.60. The van der Waals surface area contributed by atoms with E-state index in [0.717, 1.165) is 5.56 Å². The molecule has 1 aromatic carbocycles. The van der Waals surface area contributed by atoms with E-state index in [9.17, 15) is 13.2 Å². The lowest BCUT2D eigenvalue weighted by Gasteiger charge is -2.10. The fraction of sp³-hybridized carbons (Fsp3) is 0.500. The van der Waals surface area contributed by atoms with Crippen molar-refractivity contribution in [3.63, 3.8) is 0 Å². The van der Waals surface area contributed by atoms with Crippen LogP contribution < -0.4 is 5.73 Å². The molecule has 0 fully saturated rings. The van der Waals surface area contributed by atoms with Crippen LogP contribution >= 0.6 is 11.6 Å². The molecule has 0 saturated heterocycles. The van der Waals surface area contributed by atoms with E-state index in [2.05, 4.69) is 0 Å². The maximum Gasteiger partial charge on any atom is 0.253 e. The maximum absolute atomic E-state index is 13.2. The Morgan fingerprint density at radius 1 is 1.35 bits per heavy atom. The Bertz CT molecular complexity index is 359. The lowest BCUT2D eigenvalue weighted by atomic mass is 10.0. The summed E-state index contributed by atoms with van der Waals surface area (Å²) in [7, 11) is 0. The molecule has 1 nitrogen and oxygen atoms in total. The molecule has 0 spiro atoms. The van der Waals surface area contributed by atoms with Gasteiger partial charge in [0, 0.05) is 0 Å². The predicted octanol–water partition coefficient (Wildman–Crippen LogP) is 3.70. The van der Waals surface area contributed by atoms with E-state index in [1.165, 1.54) is 6.07 Å². The predicted molar refractivity (Wildman–Crippen MR) is 63.1 cm³/mol. The van der Waals surface area contributed by atoms with Crippen molar-refractivity contribution in [1.29, 1.82) is 0 Å². The maximum atomic E-state index is 13.2. The van der Waals surface area contributed by atoms with Crippen molar-refractivity contribution >= 4 is 11.6 Å². The molecule has 0 saturated carbocycles. The number of nitrogens with two attached hydrogens (primary N) is 1. The summed E-state index contributed by atoms with van der Waals surface area (Å²) in [5.41, 5.74) is 6.53. The minimum Gasteiger partial charge on any atom is -0.323 e. The Kier molecular flexibility index (Phi) is 5.28. The zero-order valence-corrected chi connectivity index (χ0v) is 10.3. The van der Waals surface area contributed by atoms with Crippen molar-refractivity contribution in [2.24, 2.45) is 5.73 Å². The van der Waals surface area contributed by atoms with E-state index in [0.29, 0.717) is 18.4 Å². The Labute approximate surface area is 104 Å². The number of rotatable bonds is 5. The Balaban J connectivity index is 2.53. The molecule has 0 bridgehead atoms. The van der Waals surface area contributed by atoms with E-state index in [4.69, 9.17) is 17.3 Å². The molecule has 2 N–H and O–H groups in total. The Morgan fingerprint density at radius 3 is 2.53 bits per heavy atom. The summed E-state index contributed by atoms with van der Waals surface area (Å²) >= 11 is 5.69. The van der Waals surface area contributed by atoms with Crippen LogP contribution in [0.5, 0.6) is 0 Å². The van der Waals surface area contributed by atoms with Gasteiger partial charge in [-0.1, -0.05) is 17.7 Å². The molecule has 1 atom stereocenters. The van der Waals surface area contributed by atoms with Crippen LogP contribution in [-0.2, 0) is 6.42 Å². The van der Waals surface area contributed by atoms with Gasteiger partial charge in [-0.2, -0.15) is 0 Å². The van der Waals surface area contributed by atoms with Gasteiger partial charge in [0.1, 0.15) is 5.82 Å². The highest BCUT2D eigenvalue weighted by Gasteiger charge is 2.14. The molecule has 0 heterocycles. The average molecular weight is 266 g/mol. The van der Waals surface area contributed by atoms with Crippen LogP contribution in [0.4, 0.5) is 13.2 Å². The monoisotopic (exact) mass is 265 g/mol. The highest BCUT2D eigenvalue weighted by molar-refractivity contribution is 6.30. The van der Waals surface area contributed by atoms with Crippen molar-refractivity contribution in [2.75, 3.05) is 0 Å². The summed E-state index contributed by atoms with van der Waals surface area (Å²) in [5, 5.41) is 0.0677. The van der Waals surface area contributed by atoms with Crippen LogP contribution in [0, 0.1) is 12.7 Å². The van der Waals surface area contributed by atoms with Crippen molar-refractivity contribution < 1.29 is 13.2 Å².